The number of sulfonamides is 1. The van der Waals surface area contributed by atoms with Gasteiger partial charge in [-0.3, -0.25) is 4.72 Å². The van der Waals surface area contributed by atoms with Crippen molar-refractivity contribution in [2.75, 3.05) is 10.5 Å². The van der Waals surface area contributed by atoms with Gasteiger partial charge in [0.25, 0.3) is 10.0 Å². The van der Waals surface area contributed by atoms with Crippen LogP contribution in [0.25, 0.3) is 0 Å². The Bertz CT molecular complexity index is 812. The minimum atomic E-state index is -4.46. The maximum Gasteiger partial charge on any atom is 0.264 e. The van der Waals surface area contributed by atoms with Gasteiger partial charge in [0.15, 0.2) is 11.6 Å². The fourth-order valence-corrected chi connectivity index (χ4v) is 3.03. The summed E-state index contributed by atoms with van der Waals surface area (Å²) in [6, 6.07) is 4.95. The maximum absolute atomic E-state index is 13.7. The molecule has 0 spiro atoms. The molecule has 0 radical (unpaired) electrons. The second-order valence-corrected chi connectivity index (χ2v) is 6.57. The van der Waals surface area contributed by atoms with Crippen LogP contribution in [0.1, 0.15) is 0 Å². The van der Waals surface area contributed by atoms with Crippen LogP contribution in [-0.2, 0) is 10.0 Å². The number of hydrogen-bond acceptors (Lipinski definition) is 3. The van der Waals surface area contributed by atoms with E-state index in [1.807, 2.05) is 0 Å². The first-order valence-electron chi connectivity index (χ1n) is 5.43. The molecule has 0 unspecified atom stereocenters. The molecule has 0 aliphatic carbocycles. The third-order valence-electron chi connectivity index (χ3n) is 2.55. The van der Waals surface area contributed by atoms with Crippen LogP contribution in [0.3, 0.4) is 0 Å². The predicted octanol–water partition coefficient (Wildman–Crippen LogP) is 3.25. The highest BCUT2D eigenvalue weighted by molar-refractivity contribution is 9.10. The van der Waals surface area contributed by atoms with Crippen LogP contribution in [0, 0.1) is 17.5 Å². The van der Waals surface area contributed by atoms with Gasteiger partial charge >= 0.3 is 0 Å². The van der Waals surface area contributed by atoms with Crippen LogP contribution in [0.15, 0.2) is 39.7 Å². The molecule has 0 amide bonds. The molecule has 0 saturated heterocycles. The molecule has 0 aliphatic rings. The standard InChI is InChI=1S/C12H8BrF3N2O2S/c13-6-1-4-10(8(15)5-6)21(19,20)18-12-9(17)3-2-7(14)11(12)16/h1-5,18H,17H2. The van der Waals surface area contributed by atoms with Crippen molar-refractivity contribution >= 4 is 37.3 Å². The Morgan fingerprint density at radius 3 is 2.33 bits per heavy atom. The normalized spacial score (nSPS) is 11.4. The number of nitrogens with two attached hydrogens (primary N) is 1. The summed E-state index contributed by atoms with van der Waals surface area (Å²) in [7, 11) is -4.46. The minimum Gasteiger partial charge on any atom is -0.397 e. The molecule has 2 rings (SSSR count). The van der Waals surface area contributed by atoms with E-state index in [4.69, 9.17) is 5.73 Å². The molecule has 0 saturated carbocycles. The summed E-state index contributed by atoms with van der Waals surface area (Å²) >= 11 is 2.98. The third-order valence-corrected chi connectivity index (χ3v) is 4.42. The molecule has 0 fully saturated rings. The highest BCUT2D eigenvalue weighted by atomic mass is 79.9. The number of rotatable bonds is 3. The average molecular weight is 381 g/mol. The Morgan fingerprint density at radius 1 is 1.05 bits per heavy atom. The molecule has 0 atom stereocenters. The van der Waals surface area contributed by atoms with Gasteiger partial charge in [0.2, 0.25) is 0 Å². The van der Waals surface area contributed by atoms with Gasteiger partial charge in [-0.15, -0.1) is 0 Å². The molecule has 2 aromatic carbocycles. The predicted molar refractivity (Wildman–Crippen MR) is 75.7 cm³/mol. The van der Waals surface area contributed by atoms with Gasteiger partial charge < -0.3 is 5.73 Å². The number of halogens is 4. The van der Waals surface area contributed by atoms with Crippen molar-refractivity contribution < 1.29 is 21.6 Å². The molecule has 0 aromatic heterocycles. The maximum atomic E-state index is 13.7. The zero-order valence-corrected chi connectivity index (χ0v) is 12.6. The number of benzene rings is 2. The summed E-state index contributed by atoms with van der Waals surface area (Å²) in [4.78, 5) is -0.714. The molecule has 0 heterocycles. The van der Waals surface area contributed by atoms with Gasteiger partial charge in [0, 0.05) is 4.47 Å². The monoisotopic (exact) mass is 380 g/mol. The van der Waals surface area contributed by atoms with Crippen LogP contribution in [0.4, 0.5) is 24.5 Å². The number of nitrogen functional groups attached to an aromatic ring is 1. The summed E-state index contributed by atoms with van der Waals surface area (Å²) in [6.45, 7) is 0. The van der Waals surface area contributed by atoms with Crippen LogP contribution >= 0.6 is 15.9 Å². The van der Waals surface area contributed by atoms with Crippen molar-refractivity contribution in [1.29, 1.82) is 0 Å². The molecule has 0 bridgehead atoms. The van der Waals surface area contributed by atoms with Crippen molar-refractivity contribution in [2.24, 2.45) is 0 Å². The fraction of sp³-hybridized carbons (Fsp3) is 0. The van der Waals surface area contributed by atoms with Crippen LogP contribution in [0.2, 0.25) is 0 Å². The molecule has 3 N–H and O–H groups in total. The first-order chi connectivity index (χ1) is 9.72. The van der Waals surface area contributed by atoms with Gasteiger partial charge in [-0.25, -0.2) is 21.6 Å². The van der Waals surface area contributed by atoms with Gasteiger partial charge in [0.1, 0.15) is 16.4 Å². The number of hydrogen-bond donors (Lipinski definition) is 2. The SMILES string of the molecule is Nc1ccc(F)c(F)c1NS(=O)(=O)c1ccc(Br)cc1F. The highest BCUT2D eigenvalue weighted by Gasteiger charge is 2.23. The topological polar surface area (TPSA) is 72.2 Å². The molecule has 0 aliphatic heterocycles. The molecule has 2 aromatic rings. The van der Waals surface area contributed by atoms with Crippen LogP contribution < -0.4 is 10.5 Å². The van der Waals surface area contributed by atoms with Gasteiger partial charge in [-0.2, -0.15) is 0 Å². The molecule has 112 valence electrons. The molecule has 9 heteroatoms. The smallest absolute Gasteiger partial charge is 0.264 e. The second-order valence-electron chi connectivity index (χ2n) is 4.01. The second kappa shape index (κ2) is 5.57. The van der Waals surface area contributed by atoms with Gasteiger partial charge in [-0.05, 0) is 30.3 Å². The van der Waals surface area contributed by atoms with Crippen molar-refractivity contribution in [3.05, 3.63) is 52.3 Å². The van der Waals surface area contributed by atoms with E-state index < -0.39 is 38.1 Å². The minimum absolute atomic E-state index is 0.324. The van der Waals surface area contributed by atoms with E-state index in [0.29, 0.717) is 4.47 Å². The largest absolute Gasteiger partial charge is 0.397 e. The molecule has 21 heavy (non-hydrogen) atoms. The fourth-order valence-electron chi connectivity index (χ4n) is 1.55. The molecular formula is C12H8BrF3N2O2S. The molecular weight excluding hydrogens is 373 g/mol. The summed E-state index contributed by atoms with van der Waals surface area (Å²) < 4.78 is 66.5. The number of nitrogens with one attached hydrogen (secondary N) is 1. The summed E-state index contributed by atoms with van der Waals surface area (Å²) in [6.07, 6.45) is 0. The first kappa shape index (κ1) is 15.6. The van der Waals surface area contributed by atoms with Gasteiger partial charge in [-0.1, -0.05) is 15.9 Å². The van der Waals surface area contributed by atoms with E-state index in [0.717, 1.165) is 24.3 Å². The summed E-state index contributed by atoms with van der Waals surface area (Å²) in [5.74, 6) is -3.79. The summed E-state index contributed by atoms with van der Waals surface area (Å²) in [5, 5.41) is 0. The van der Waals surface area contributed by atoms with Gasteiger partial charge in [0.05, 0.1) is 5.69 Å². The van der Waals surface area contributed by atoms with E-state index in [1.54, 1.807) is 4.72 Å². The van der Waals surface area contributed by atoms with E-state index in [1.165, 1.54) is 6.07 Å². The van der Waals surface area contributed by atoms with E-state index in [-0.39, 0.29) is 5.69 Å². The average Bonchev–Trinajstić information content (AvgIpc) is 2.39. The lowest BCUT2D eigenvalue weighted by molar-refractivity contribution is 0.512. The summed E-state index contributed by atoms with van der Waals surface area (Å²) in [5.41, 5.74) is 4.31. The Labute approximate surface area is 127 Å². The van der Waals surface area contributed by atoms with Crippen molar-refractivity contribution in [3.8, 4) is 0 Å². The van der Waals surface area contributed by atoms with Crippen LogP contribution in [0.5, 0.6) is 0 Å². The zero-order chi connectivity index (χ0) is 15.8. The van der Waals surface area contributed by atoms with Crippen molar-refractivity contribution in [1.82, 2.24) is 0 Å². The molecule has 4 nitrogen and oxygen atoms in total. The highest BCUT2D eigenvalue weighted by Crippen LogP contribution is 2.28. The Hall–Kier alpha value is -1.74. The first-order valence-corrected chi connectivity index (χ1v) is 7.71. The van der Waals surface area contributed by atoms with Crippen molar-refractivity contribution in [3.63, 3.8) is 0 Å². The lowest BCUT2D eigenvalue weighted by atomic mass is 10.2. The lowest BCUT2D eigenvalue weighted by Crippen LogP contribution is -2.17. The van der Waals surface area contributed by atoms with Crippen LogP contribution in [-0.4, -0.2) is 8.42 Å². The Kier molecular flexibility index (Phi) is 4.15. The van der Waals surface area contributed by atoms with E-state index in [9.17, 15) is 21.6 Å². The van der Waals surface area contributed by atoms with E-state index in [2.05, 4.69) is 15.9 Å². The third kappa shape index (κ3) is 3.13. The van der Waals surface area contributed by atoms with Crippen molar-refractivity contribution in [2.45, 2.75) is 4.90 Å². The Balaban J connectivity index is 2.50. The lowest BCUT2D eigenvalue weighted by Gasteiger charge is -2.12. The quantitative estimate of drug-likeness (QED) is 0.802. The zero-order valence-electron chi connectivity index (χ0n) is 10.2. The number of anilines is 2. The van der Waals surface area contributed by atoms with E-state index >= 15 is 0 Å². The Morgan fingerprint density at radius 2 is 1.71 bits per heavy atom.